The second-order valence-electron chi connectivity index (χ2n) is 5.42. The number of amides is 1. The van der Waals surface area contributed by atoms with Crippen molar-refractivity contribution in [2.45, 2.75) is 31.8 Å². The first kappa shape index (κ1) is 15.1. The van der Waals surface area contributed by atoms with E-state index in [0.29, 0.717) is 25.7 Å². The second-order valence-corrected chi connectivity index (χ2v) is 5.42. The highest BCUT2D eigenvalue weighted by Gasteiger charge is 2.31. The second kappa shape index (κ2) is 7.45. The lowest BCUT2D eigenvalue weighted by Crippen LogP contribution is -2.28. The van der Waals surface area contributed by atoms with Crippen molar-refractivity contribution >= 4 is 5.91 Å². The van der Waals surface area contributed by atoms with E-state index in [9.17, 15) is 4.79 Å². The summed E-state index contributed by atoms with van der Waals surface area (Å²) >= 11 is 0. The van der Waals surface area contributed by atoms with Gasteiger partial charge in [0.2, 0.25) is 5.91 Å². The van der Waals surface area contributed by atoms with Crippen molar-refractivity contribution in [3.63, 3.8) is 0 Å². The lowest BCUT2D eigenvalue weighted by atomic mass is 10.1. The molecule has 1 aliphatic rings. The summed E-state index contributed by atoms with van der Waals surface area (Å²) in [5.74, 6) is 0.814. The maximum Gasteiger partial charge on any atom is 0.239 e. The van der Waals surface area contributed by atoms with Gasteiger partial charge in [0.1, 0.15) is 6.54 Å². The van der Waals surface area contributed by atoms with E-state index in [-0.39, 0.29) is 5.91 Å². The van der Waals surface area contributed by atoms with Gasteiger partial charge in [0.25, 0.3) is 0 Å². The highest BCUT2D eigenvalue weighted by Crippen LogP contribution is 2.40. The smallest absolute Gasteiger partial charge is 0.239 e. The number of nitrogens with one attached hydrogen (secondary N) is 2. The monoisotopic (exact) mass is 279 g/mol. The molecule has 1 aromatic heterocycles. The van der Waals surface area contributed by atoms with Crippen molar-refractivity contribution in [3.8, 4) is 0 Å². The molecular weight excluding hydrogens is 254 g/mol. The maximum absolute atomic E-state index is 11.8. The van der Waals surface area contributed by atoms with Crippen molar-refractivity contribution < 1.29 is 9.53 Å². The van der Waals surface area contributed by atoms with Gasteiger partial charge in [-0.2, -0.15) is 0 Å². The van der Waals surface area contributed by atoms with Gasteiger partial charge >= 0.3 is 0 Å². The highest BCUT2D eigenvalue weighted by molar-refractivity contribution is 5.75. The van der Waals surface area contributed by atoms with E-state index < -0.39 is 0 Å². The lowest BCUT2D eigenvalue weighted by Gasteiger charge is -2.13. The van der Waals surface area contributed by atoms with E-state index in [1.54, 1.807) is 7.11 Å². The van der Waals surface area contributed by atoms with Crippen LogP contribution in [0.5, 0.6) is 0 Å². The molecule has 20 heavy (non-hydrogen) atoms. The van der Waals surface area contributed by atoms with Gasteiger partial charge in [0.05, 0.1) is 0 Å². The Kier molecular flexibility index (Phi) is 5.61. The third-order valence-electron chi connectivity index (χ3n) is 3.71. The van der Waals surface area contributed by atoms with E-state index in [4.69, 9.17) is 4.74 Å². The van der Waals surface area contributed by atoms with E-state index in [2.05, 4.69) is 22.9 Å². The zero-order chi connectivity index (χ0) is 14.4. The van der Waals surface area contributed by atoms with Crippen LogP contribution in [0.1, 0.15) is 30.9 Å². The molecule has 112 valence electrons. The van der Waals surface area contributed by atoms with Crippen LogP contribution in [0.3, 0.4) is 0 Å². The standard InChI is InChI=1S/C15H25N3O2/c1-16-15(12-4-5-12)13-6-8-18(10-13)11-14(19)17-7-3-9-20-2/h6,8,10,12,15-16H,3-5,7,9,11H2,1-2H3,(H,17,19). The van der Waals surface area contributed by atoms with E-state index in [1.165, 1.54) is 18.4 Å². The van der Waals surface area contributed by atoms with Gasteiger partial charge in [0.15, 0.2) is 0 Å². The topological polar surface area (TPSA) is 55.3 Å². The van der Waals surface area contributed by atoms with Crippen LogP contribution >= 0.6 is 0 Å². The summed E-state index contributed by atoms with van der Waals surface area (Å²) in [7, 11) is 3.67. The largest absolute Gasteiger partial charge is 0.385 e. The first-order valence-corrected chi connectivity index (χ1v) is 7.33. The minimum absolute atomic E-state index is 0.0516. The van der Waals surface area contributed by atoms with Gasteiger partial charge in [-0.25, -0.2) is 0 Å². The Morgan fingerprint density at radius 1 is 1.55 bits per heavy atom. The summed E-state index contributed by atoms with van der Waals surface area (Å²) in [5, 5.41) is 6.27. The molecular formula is C15H25N3O2. The third-order valence-corrected chi connectivity index (χ3v) is 3.71. The quantitative estimate of drug-likeness (QED) is 0.670. The summed E-state index contributed by atoms with van der Waals surface area (Å²) in [6.45, 7) is 1.73. The predicted molar refractivity (Wildman–Crippen MR) is 78.5 cm³/mol. The van der Waals surface area contributed by atoms with Crippen molar-refractivity contribution in [1.29, 1.82) is 0 Å². The van der Waals surface area contributed by atoms with Crippen LogP contribution in [-0.2, 0) is 16.1 Å². The zero-order valence-electron chi connectivity index (χ0n) is 12.4. The molecule has 1 heterocycles. The van der Waals surface area contributed by atoms with Crippen LogP contribution in [0.2, 0.25) is 0 Å². The molecule has 1 unspecified atom stereocenters. The van der Waals surface area contributed by atoms with Crippen molar-refractivity contribution in [2.24, 2.45) is 5.92 Å². The first-order chi connectivity index (χ1) is 9.74. The molecule has 1 fully saturated rings. The summed E-state index contributed by atoms with van der Waals surface area (Å²) in [4.78, 5) is 11.8. The van der Waals surface area contributed by atoms with Gasteiger partial charge in [-0.05, 0) is 43.9 Å². The first-order valence-electron chi connectivity index (χ1n) is 7.33. The molecule has 1 aromatic rings. The fourth-order valence-electron chi connectivity index (χ4n) is 2.51. The Morgan fingerprint density at radius 2 is 2.35 bits per heavy atom. The maximum atomic E-state index is 11.8. The molecule has 0 bridgehead atoms. The number of aromatic nitrogens is 1. The lowest BCUT2D eigenvalue weighted by molar-refractivity contribution is -0.121. The average molecular weight is 279 g/mol. The van der Waals surface area contributed by atoms with Gasteiger partial charge < -0.3 is 19.9 Å². The van der Waals surface area contributed by atoms with E-state index >= 15 is 0 Å². The number of nitrogens with zero attached hydrogens (tertiary/aromatic N) is 1. The van der Waals surface area contributed by atoms with E-state index in [1.807, 2.05) is 17.8 Å². The fourth-order valence-corrected chi connectivity index (χ4v) is 2.51. The molecule has 1 amide bonds. The number of carbonyl (C=O) groups excluding carboxylic acids is 1. The third kappa shape index (κ3) is 4.35. The molecule has 5 heteroatoms. The number of ether oxygens (including phenoxy) is 1. The Labute approximate surface area is 120 Å². The summed E-state index contributed by atoms with van der Waals surface area (Å²) in [5.41, 5.74) is 1.28. The van der Waals surface area contributed by atoms with Crippen molar-refractivity contribution in [3.05, 3.63) is 24.0 Å². The predicted octanol–water partition coefficient (Wildman–Crippen LogP) is 1.31. The van der Waals surface area contributed by atoms with Crippen molar-refractivity contribution in [2.75, 3.05) is 27.3 Å². The number of methoxy groups -OCH3 is 1. The molecule has 0 aliphatic heterocycles. The van der Waals surface area contributed by atoms with Crippen LogP contribution in [0.4, 0.5) is 0 Å². The Balaban J connectivity index is 1.78. The molecule has 5 nitrogen and oxygen atoms in total. The summed E-state index contributed by atoms with van der Waals surface area (Å²) < 4.78 is 6.90. The summed E-state index contributed by atoms with van der Waals surface area (Å²) in [6, 6.07) is 2.54. The molecule has 0 radical (unpaired) electrons. The number of rotatable bonds is 9. The van der Waals surface area contributed by atoms with Crippen molar-refractivity contribution in [1.82, 2.24) is 15.2 Å². The molecule has 0 aromatic carbocycles. The van der Waals surface area contributed by atoms with Gasteiger partial charge in [-0.1, -0.05) is 0 Å². The highest BCUT2D eigenvalue weighted by atomic mass is 16.5. The van der Waals surface area contributed by atoms with E-state index in [0.717, 1.165) is 12.3 Å². The van der Waals surface area contributed by atoms with Gasteiger partial charge in [-0.3, -0.25) is 4.79 Å². The average Bonchev–Trinajstić information content (AvgIpc) is 3.16. The summed E-state index contributed by atoms with van der Waals surface area (Å²) in [6.07, 6.45) is 7.51. The molecule has 2 rings (SSSR count). The van der Waals surface area contributed by atoms with Crippen LogP contribution in [0.25, 0.3) is 0 Å². The minimum atomic E-state index is 0.0516. The van der Waals surface area contributed by atoms with Gasteiger partial charge in [0, 0.05) is 38.7 Å². The minimum Gasteiger partial charge on any atom is -0.385 e. The number of carbonyl (C=O) groups is 1. The molecule has 2 N–H and O–H groups in total. The molecule has 0 spiro atoms. The molecule has 1 aliphatic carbocycles. The molecule has 1 saturated carbocycles. The zero-order valence-corrected chi connectivity index (χ0v) is 12.4. The molecule has 0 saturated heterocycles. The van der Waals surface area contributed by atoms with Crippen LogP contribution in [0.15, 0.2) is 18.5 Å². The van der Waals surface area contributed by atoms with Crippen LogP contribution in [0, 0.1) is 5.92 Å². The SMILES string of the molecule is CNC(c1ccn(CC(=O)NCCCOC)c1)C1CC1. The normalized spacial score (nSPS) is 16.1. The number of hydrogen-bond donors (Lipinski definition) is 2. The number of hydrogen-bond acceptors (Lipinski definition) is 3. The Bertz CT molecular complexity index is 427. The van der Waals surface area contributed by atoms with Crippen LogP contribution in [-0.4, -0.2) is 37.8 Å². The Morgan fingerprint density at radius 3 is 3.00 bits per heavy atom. The van der Waals surface area contributed by atoms with Gasteiger partial charge in [-0.15, -0.1) is 0 Å². The fraction of sp³-hybridized carbons (Fsp3) is 0.667. The van der Waals surface area contributed by atoms with Crippen LogP contribution < -0.4 is 10.6 Å². The Hall–Kier alpha value is -1.33. The molecule has 1 atom stereocenters.